The summed E-state index contributed by atoms with van der Waals surface area (Å²) in [5.41, 5.74) is 0.644. The Morgan fingerprint density at radius 2 is 0.860 bits per heavy atom. The van der Waals surface area contributed by atoms with E-state index in [1.54, 1.807) is 0 Å². The third-order valence-electron chi connectivity index (χ3n) is 14.7. The molecule has 0 radical (unpaired) electrons. The molecule has 2 atom stereocenters. The molecule has 4 N–H and O–H groups in total. The quantitative estimate of drug-likeness (QED) is 0.0449. The number of carboxylic acids is 1. The summed E-state index contributed by atoms with van der Waals surface area (Å²) in [4.78, 5) is 75.7. The van der Waals surface area contributed by atoms with Crippen molar-refractivity contribution in [2.45, 2.75) is 215 Å². The van der Waals surface area contributed by atoms with Gasteiger partial charge in [0.1, 0.15) is 23.7 Å². The molecule has 0 aliphatic rings. The van der Waals surface area contributed by atoms with Crippen molar-refractivity contribution in [2.24, 2.45) is 10.8 Å². The van der Waals surface area contributed by atoms with Gasteiger partial charge in [0.15, 0.2) is 0 Å². The van der Waals surface area contributed by atoms with Crippen LogP contribution in [-0.4, -0.2) is 233 Å². The van der Waals surface area contributed by atoms with E-state index in [-0.39, 0.29) is 85.4 Å². The Balaban J connectivity index is 2.16. The number of ketones is 2. The fourth-order valence-corrected chi connectivity index (χ4v) is 9.10. The number of carbonyl (C=O) groups is 6. The Bertz CT molecular complexity index is 1990. The third kappa shape index (κ3) is 57.8. The summed E-state index contributed by atoms with van der Waals surface area (Å²) >= 11 is 0. The van der Waals surface area contributed by atoms with E-state index in [1.165, 1.54) is 32.1 Å². The lowest BCUT2D eigenvalue weighted by molar-refractivity contribution is -0.142. The summed E-state index contributed by atoms with van der Waals surface area (Å²) in [6, 6.07) is -1.92. The van der Waals surface area contributed by atoms with Gasteiger partial charge in [-0.2, -0.15) is 0 Å². The molecule has 0 aliphatic carbocycles. The Hall–Kier alpha value is -4.12. The number of aromatic nitrogens is 3. The maximum absolute atomic E-state index is 13.4. The number of nitrogens with one attached hydrogen (secondary N) is 3. The van der Waals surface area contributed by atoms with Gasteiger partial charge in [0, 0.05) is 63.2 Å². The molecule has 3 amide bonds. The highest BCUT2D eigenvalue weighted by Crippen LogP contribution is 2.22. The molecule has 93 heavy (non-hydrogen) atoms. The van der Waals surface area contributed by atoms with Gasteiger partial charge in [-0.15, -0.1) is 5.10 Å². The largest absolute Gasteiger partial charge is 0.480 e. The first-order valence-corrected chi connectivity index (χ1v) is 34.9. The minimum absolute atomic E-state index is 0.0272. The van der Waals surface area contributed by atoms with Crippen LogP contribution in [0.3, 0.4) is 0 Å². The molecule has 0 unspecified atom stereocenters. The number of unbranched alkanes of at least 4 members (excludes halogenated alkanes) is 11. The average molecular weight is 1330 g/mol. The molecule has 0 aliphatic heterocycles. The highest BCUT2D eigenvalue weighted by Gasteiger charge is 2.23. The van der Waals surface area contributed by atoms with Gasteiger partial charge in [0.25, 0.3) is 0 Å². The highest BCUT2D eigenvalue weighted by atomic mass is 16.6. The second-order valence-electron chi connectivity index (χ2n) is 25.4. The molecule has 25 heteroatoms. The molecule has 25 nitrogen and oxygen atoms in total. The molecule has 0 spiro atoms. The van der Waals surface area contributed by atoms with E-state index in [0.29, 0.717) is 203 Å². The van der Waals surface area contributed by atoms with Gasteiger partial charge in [-0.1, -0.05) is 124 Å². The lowest BCUT2D eigenvalue weighted by Crippen LogP contribution is -2.47. The molecular weight excluding hydrogens is 1200 g/mol. The number of rotatable bonds is 69. The third-order valence-corrected chi connectivity index (χ3v) is 14.7. The molecular formula is C68H126N6O19. The Labute approximate surface area is 557 Å². The zero-order valence-corrected chi connectivity index (χ0v) is 58.5. The maximum atomic E-state index is 13.4. The van der Waals surface area contributed by atoms with E-state index in [2.05, 4.69) is 54.0 Å². The van der Waals surface area contributed by atoms with Crippen LogP contribution >= 0.6 is 0 Å². The SMILES string of the molecule is CCCCCCCCCCCC(=O)N[C@@H](CCC(=O)CCCCC[C@H](NC(=O)CCc1cn(CCCCC(C)(C)C)nn1)C(=O)NCCOCCOCCOCCOCCOCCOCCOCCOCCOCCOCCOCCOCCC(=O)C(C)(C)C)C(=O)O. The van der Waals surface area contributed by atoms with E-state index in [0.717, 1.165) is 45.1 Å². The van der Waals surface area contributed by atoms with Crippen LogP contribution in [0.5, 0.6) is 0 Å². The summed E-state index contributed by atoms with van der Waals surface area (Å²) in [5, 5.41) is 26.6. The van der Waals surface area contributed by atoms with Crippen molar-refractivity contribution < 1.29 is 90.7 Å². The second-order valence-corrected chi connectivity index (χ2v) is 25.4. The number of carboxylic acid groups (broad SMARTS) is 1. The van der Waals surface area contributed by atoms with Crippen LogP contribution in [0.25, 0.3) is 0 Å². The van der Waals surface area contributed by atoms with E-state index in [9.17, 15) is 33.9 Å². The van der Waals surface area contributed by atoms with Gasteiger partial charge in [-0.05, 0) is 43.9 Å². The van der Waals surface area contributed by atoms with Crippen LogP contribution in [0, 0.1) is 10.8 Å². The predicted octanol–water partition coefficient (Wildman–Crippen LogP) is 8.02. The number of ether oxygens (including phenoxy) is 12. The monoisotopic (exact) mass is 1330 g/mol. The van der Waals surface area contributed by atoms with Gasteiger partial charge in [0.2, 0.25) is 17.7 Å². The van der Waals surface area contributed by atoms with Gasteiger partial charge in [-0.25, -0.2) is 4.79 Å². The number of hydrogen-bond acceptors (Lipinski definition) is 20. The van der Waals surface area contributed by atoms with Crippen LogP contribution in [0.4, 0.5) is 0 Å². The Kier molecular flexibility index (Phi) is 56.3. The lowest BCUT2D eigenvalue weighted by atomic mass is 9.89. The number of carbonyl (C=O) groups excluding carboxylic acids is 5. The van der Waals surface area contributed by atoms with Crippen LogP contribution in [0.1, 0.15) is 195 Å². The zero-order valence-electron chi connectivity index (χ0n) is 58.5. The normalized spacial score (nSPS) is 12.5. The van der Waals surface area contributed by atoms with Crippen molar-refractivity contribution in [2.75, 3.05) is 165 Å². The van der Waals surface area contributed by atoms with Gasteiger partial charge in [-0.3, -0.25) is 28.7 Å². The molecule has 0 saturated heterocycles. The fraction of sp³-hybridized carbons (Fsp3) is 0.882. The van der Waals surface area contributed by atoms with Crippen LogP contribution in [-0.2, 0) is 98.6 Å². The minimum atomic E-state index is -1.15. The van der Waals surface area contributed by atoms with E-state index < -0.39 is 18.1 Å². The smallest absolute Gasteiger partial charge is 0.326 e. The van der Waals surface area contributed by atoms with Crippen molar-refractivity contribution in [3.05, 3.63) is 11.9 Å². The number of hydrogen-bond donors (Lipinski definition) is 4. The standard InChI is InChI=1S/C68H126N6O19/c1-8-9-10-11-12-13-14-15-19-24-63(77)71-61(66(80)81)27-26-59(75)22-17-16-18-23-60(70-64(78)28-25-58-57-74(73-72-58)32-21-20-30-67(2,3)4)65(79)69-31-34-83-36-38-85-40-42-87-44-46-89-48-50-91-52-54-93-56-55-92-53-51-90-49-47-88-45-43-86-41-39-84-37-35-82-33-29-62(76)68(5,6)7/h57,60-61H,8-56H2,1-7H3,(H,69,79)(H,70,78)(H,71,77)(H,80,81)/t60-,61-/m0/s1. The molecule has 1 rings (SSSR count). The first kappa shape index (κ1) is 86.9. The number of nitrogens with zero attached hydrogens (tertiary/aromatic N) is 3. The summed E-state index contributed by atoms with van der Waals surface area (Å²) in [6.45, 7) is 25.9. The van der Waals surface area contributed by atoms with E-state index in [1.807, 2.05) is 31.6 Å². The van der Waals surface area contributed by atoms with E-state index >= 15 is 0 Å². The number of Topliss-reactive ketones (excluding diaryl/α,β-unsaturated/α-hetero) is 2. The molecule has 1 aromatic rings. The van der Waals surface area contributed by atoms with Crippen molar-refractivity contribution in [1.82, 2.24) is 30.9 Å². The summed E-state index contributed by atoms with van der Waals surface area (Å²) in [6.07, 6.45) is 18.7. The van der Waals surface area contributed by atoms with Crippen molar-refractivity contribution in [3.63, 3.8) is 0 Å². The molecule has 0 saturated carbocycles. The van der Waals surface area contributed by atoms with Gasteiger partial charge >= 0.3 is 5.97 Å². The second kappa shape index (κ2) is 60.3. The number of amides is 3. The minimum Gasteiger partial charge on any atom is -0.480 e. The topological polar surface area (TPSA) is 300 Å². The van der Waals surface area contributed by atoms with Crippen LogP contribution < -0.4 is 16.0 Å². The van der Waals surface area contributed by atoms with Gasteiger partial charge in [0.05, 0.1) is 164 Å². The highest BCUT2D eigenvalue weighted by molar-refractivity contribution is 5.88. The average Bonchev–Trinajstić information content (AvgIpc) is 2.73. The summed E-state index contributed by atoms with van der Waals surface area (Å²) in [5.74, 6) is -1.98. The van der Waals surface area contributed by atoms with Crippen LogP contribution in [0.15, 0.2) is 6.20 Å². The molecule has 0 aromatic carbocycles. The summed E-state index contributed by atoms with van der Waals surface area (Å²) in [7, 11) is 0. The van der Waals surface area contributed by atoms with Crippen molar-refractivity contribution >= 4 is 35.3 Å². The first-order chi connectivity index (χ1) is 44.9. The molecule has 0 fully saturated rings. The first-order valence-electron chi connectivity index (χ1n) is 34.9. The molecule has 1 heterocycles. The van der Waals surface area contributed by atoms with E-state index in [4.69, 9.17) is 56.8 Å². The zero-order chi connectivity index (χ0) is 68.1. The Morgan fingerprint density at radius 3 is 1.31 bits per heavy atom. The lowest BCUT2D eigenvalue weighted by Gasteiger charge is -2.18. The van der Waals surface area contributed by atoms with Crippen LogP contribution in [0.2, 0.25) is 0 Å². The number of aliphatic carboxylic acids is 1. The fourth-order valence-electron chi connectivity index (χ4n) is 9.10. The van der Waals surface area contributed by atoms with Crippen molar-refractivity contribution in [1.29, 1.82) is 0 Å². The predicted molar refractivity (Wildman–Crippen MR) is 354 cm³/mol. The van der Waals surface area contributed by atoms with Gasteiger partial charge < -0.3 is 77.9 Å². The van der Waals surface area contributed by atoms with Crippen molar-refractivity contribution in [3.8, 4) is 0 Å². The number of aryl methyl sites for hydroxylation is 2. The molecule has 0 bridgehead atoms. The maximum Gasteiger partial charge on any atom is 0.326 e. The Morgan fingerprint density at radius 1 is 0.452 bits per heavy atom. The summed E-state index contributed by atoms with van der Waals surface area (Å²) < 4.78 is 68.3. The molecule has 542 valence electrons. The molecule has 1 aromatic heterocycles.